The minimum Gasteiger partial charge on any atom is -0.449 e. The maximum atomic E-state index is 14.2. The van der Waals surface area contributed by atoms with E-state index in [1.807, 2.05) is 24.8 Å². The van der Waals surface area contributed by atoms with Crippen molar-refractivity contribution < 1.29 is 13.6 Å². The summed E-state index contributed by atoms with van der Waals surface area (Å²) in [6, 6.07) is 9.98. The second-order valence-corrected chi connectivity index (χ2v) is 11.4. The summed E-state index contributed by atoms with van der Waals surface area (Å²) in [7, 11) is 0. The Kier molecular flexibility index (Phi) is 6.18. The van der Waals surface area contributed by atoms with Crippen LogP contribution < -0.4 is 4.90 Å². The second kappa shape index (κ2) is 9.10. The fraction of sp³-hybridized carbons (Fsp3) is 0.357. The molecule has 4 aromatic rings. The van der Waals surface area contributed by atoms with Crippen LogP contribution in [0.5, 0.6) is 0 Å². The highest BCUT2D eigenvalue weighted by Crippen LogP contribution is 2.36. The largest absolute Gasteiger partial charge is 0.449 e. The number of fused-ring (bicyclic) bond motifs is 1. The summed E-state index contributed by atoms with van der Waals surface area (Å²) >= 11 is 5.88. The van der Waals surface area contributed by atoms with Gasteiger partial charge in [0.25, 0.3) is 5.91 Å². The molecule has 1 fully saturated rings. The van der Waals surface area contributed by atoms with Crippen LogP contribution >= 0.6 is 11.6 Å². The van der Waals surface area contributed by atoms with E-state index in [2.05, 4.69) is 35.6 Å². The van der Waals surface area contributed by atoms with E-state index in [9.17, 15) is 9.18 Å². The Balaban J connectivity index is 1.51. The van der Waals surface area contributed by atoms with E-state index in [1.54, 1.807) is 30.6 Å². The highest BCUT2D eigenvalue weighted by atomic mass is 35.5. The molecule has 192 valence electrons. The van der Waals surface area contributed by atoms with E-state index in [0.29, 0.717) is 47.9 Å². The minimum atomic E-state index is -0.510. The number of hydrogen-bond acceptors (Lipinski definition) is 6. The highest BCUT2D eigenvalue weighted by Gasteiger charge is 2.39. The van der Waals surface area contributed by atoms with E-state index >= 15 is 0 Å². The SMILES string of the molecule is CC(C)(C)c1cc(-c2ccc(Cl)c(F)c2)nc2cc(C(=O)N3CCN(c4ncccn4)CC3(C)C)oc12. The van der Waals surface area contributed by atoms with E-state index in [0.717, 1.165) is 5.56 Å². The molecule has 0 unspecified atom stereocenters. The molecule has 9 heteroatoms. The molecule has 0 spiro atoms. The van der Waals surface area contributed by atoms with Gasteiger partial charge in [0.1, 0.15) is 11.3 Å². The number of carbonyl (C=O) groups excluding carboxylic acids is 1. The lowest BCUT2D eigenvalue weighted by Gasteiger charge is -2.46. The Hall–Kier alpha value is -3.52. The van der Waals surface area contributed by atoms with Gasteiger partial charge in [0.15, 0.2) is 11.3 Å². The molecule has 0 saturated carbocycles. The number of anilines is 1. The summed E-state index contributed by atoms with van der Waals surface area (Å²) in [5.41, 5.74) is 2.39. The first-order chi connectivity index (χ1) is 17.4. The van der Waals surface area contributed by atoms with Crippen LogP contribution in [0.25, 0.3) is 22.4 Å². The van der Waals surface area contributed by atoms with Gasteiger partial charge in [-0.2, -0.15) is 0 Å². The fourth-order valence-corrected chi connectivity index (χ4v) is 4.89. The van der Waals surface area contributed by atoms with Crippen molar-refractivity contribution in [2.45, 2.75) is 45.6 Å². The maximum absolute atomic E-state index is 14.2. The number of halogens is 2. The molecule has 0 N–H and O–H groups in total. The van der Waals surface area contributed by atoms with E-state index in [1.165, 1.54) is 12.1 Å². The molecule has 1 aliphatic rings. The monoisotopic (exact) mass is 521 g/mol. The Morgan fingerprint density at radius 2 is 1.84 bits per heavy atom. The molecule has 1 amide bonds. The summed E-state index contributed by atoms with van der Waals surface area (Å²) in [4.78, 5) is 31.1. The quantitative estimate of drug-likeness (QED) is 0.323. The van der Waals surface area contributed by atoms with Crippen molar-refractivity contribution in [3.8, 4) is 11.3 Å². The van der Waals surface area contributed by atoms with Crippen LogP contribution in [0.15, 0.2) is 53.2 Å². The number of carbonyl (C=O) groups is 1. The molecule has 1 aromatic carbocycles. The van der Waals surface area contributed by atoms with Crippen LogP contribution in [0.3, 0.4) is 0 Å². The number of pyridine rings is 1. The fourth-order valence-electron chi connectivity index (χ4n) is 4.78. The van der Waals surface area contributed by atoms with E-state index < -0.39 is 11.4 Å². The number of rotatable bonds is 3. The standard InChI is InChI=1S/C28H29ClFN5O2/c1-27(2,3)18-14-21(17-7-8-19(29)20(30)13-17)33-22-15-23(37-24(18)22)25(36)35-12-11-34(16-28(35,4)5)26-31-9-6-10-32-26/h6-10,13-15H,11-12,16H2,1-5H3. The highest BCUT2D eigenvalue weighted by molar-refractivity contribution is 6.30. The van der Waals surface area contributed by atoms with Gasteiger partial charge in [0.2, 0.25) is 5.95 Å². The summed E-state index contributed by atoms with van der Waals surface area (Å²) in [6.07, 6.45) is 3.43. The van der Waals surface area contributed by atoms with Crippen LogP contribution in [0.1, 0.15) is 50.7 Å². The number of aromatic nitrogens is 3. The van der Waals surface area contributed by atoms with Crippen molar-refractivity contribution in [2.24, 2.45) is 0 Å². The summed E-state index contributed by atoms with van der Waals surface area (Å²) in [6.45, 7) is 11.9. The molecule has 3 aromatic heterocycles. The molecule has 1 saturated heterocycles. The predicted octanol–water partition coefficient (Wildman–Crippen LogP) is 6.12. The predicted molar refractivity (Wildman–Crippen MR) is 142 cm³/mol. The maximum Gasteiger partial charge on any atom is 0.290 e. The molecule has 0 atom stereocenters. The normalized spacial score (nSPS) is 15.9. The third-order valence-corrected chi connectivity index (χ3v) is 7.00. The van der Waals surface area contributed by atoms with Gasteiger partial charge in [0.05, 0.1) is 16.3 Å². The van der Waals surface area contributed by atoms with Gasteiger partial charge in [-0.05, 0) is 43.5 Å². The third kappa shape index (κ3) is 4.78. The van der Waals surface area contributed by atoms with Crippen LogP contribution in [0.2, 0.25) is 5.02 Å². The Morgan fingerprint density at radius 1 is 1.11 bits per heavy atom. The molecule has 37 heavy (non-hydrogen) atoms. The van der Waals surface area contributed by atoms with Crippen LogP contribution in [-0.2, 0) is 5.41 Å². The lowest BCUT2D eigenvalue weighted by Crippen LogP contribution is -2.61. The second-order valence-electron chi connectivity index (χ2n) is 11.0. The van der Waals surface area contributed by atoms with Gasteiger partial charge in [-0.15, -0.1) is 0 Å². The Labute approximate surface area is 220 Å². The number of amides is 1. The van der Waals surface area contributed by atoms with Crippen molar-refractivity contribution in [3.05, 3.63) is 71.0 Å². The van der Waals surface area contributed by atoms with E-state index in [4.69, 9.17) is 21.0 Å². The first-order valence-corrected chi connectivity index (χ1v) is 12.6. The van der Waals surface area contributed by atoms with Gasteiger partial charge in [-0.3, -0.25) is 4.79 Å². The zero-order chi connectivity index (χ0) is 26.5. The number of benzene rings is 1. The summed E-state index contributed by atoms with van der Waals surface area (Å²) in [5, 5.41) is 0.0543. The lowest BCUT2D eigenvalue weighted by atomic mass is 9.86. The average Bonchev–Trinajstić information content (AvgIpc) is 3.28. The van der Waals surface area contributed by atoms with Crippen molar-refractivity contribution >= 4 is 34.6 Å². The Bertz CT molecular complexity index is 1480. The van der Waals surface area contributed by atoms with Gasteiger partial charge in [0, 0.05) is 49.2 Å². The van der Waals surface area contributed by atoms with Crippen molar-refractivity contribution in [1.82, 2.24) is 19.9 Å². The van der Waals surface area contributed by atoms with Crippen molar-refractivity contribution in [1.29, 1.82) is 0 Å². The lowest BCUT2D eigenvalue weighted by molar-refractivity contribution is 0.0482. The smallest absolute Gasteiger partial charge is 0.290 e. The zero-order valence-electron chi connectivity index (χ0n) is 21.5. The number of nitrogens with zero attached hydrogens (tertiary/aromatic N) is 5. The summed E-state index contributed by atoms with van der Waals surface area (Å²) < 4.78 is 20.4. The molecule has 0 radical (unpaired) electrons. The van der Waals surface area contributed by atoms with Crippen LogP contribution in [0.4, 0.5) is 10.3 Å². The van der Waals surface area contributed by atoms with Gasteiger partial charge >= 0.3 is 0 Å². The van der Waals surface area contributed by atoms with E-state index in [-0.39, 0.29) is 22.1 Å². The molecule has 7 nitrogen and oxygen atoms in total. The minimum absolute atomic E-state index is 0.0543. The molecular weight excluding hydrogens is 493 g/mol. The van der Waals surface area contributed by atoms with Gasteiger partial charge in [-0.1, -0.05) is 38.4 Å². The third-order valence-electron chi connectivity index (χ3n) is 6.70. The van der Waals surface area contributed by atoms with Crippen molar-refractivity contribution in [2.75, 3.05) is 24.5 Å². The first kappa shape index (κ1) is 25.1. The van der Waals surface area contributed by atoms with Crippen molar-refractivity contribution in [3.63, 3.8) is 0 Å². The molecule has 4 heterocycles. The number of piperazine rings is 1. The number of hydrogen-bond donors (Lipinski definition) is 0. The molecule has 1 aliphatic heterocycles. The molecule has 5 rings (SSSR count). The molecule has 0 bridgehead atoms. The van der Waals surface area contributed by atoms with Crippen LogP contribution in [-0.4, -0.2) is 50.9 Å². The number of furan rings is 1. The topological polar surface area (TPSA) is 75.4 Å². The zero-order valence-corrected chi connectivity index (χ0v) is 22.3. The van der Waals surface area contributed by atoms with Gasteiger partial charge < -0.3 is 14.2 Å². The van der Waals surface area contributed by atoms with Gasteiger partial charge in [-0.25, -0.2) is 19.3 Å². The molecule has 0 aliphatic carbocycles. The van der Waals surface area contributed by atoms with Crippen LogP contribution in [0, 0.1) is 5.82 Å². The first-order valence-electron chi connectivity index (χ1n) is 12.2. The Morgan fingerprint density at radius 3 is 2.49 bits per heavy atom. The average molecular weight is 522 g/mol. The summed E-state index contributed by atoms with van der Waals surface area (Å²) in [5.74, 6) is 0.167. The molecular formula is C28H29ClFN5O2.